The van der Waals surface area contributed by atoms with Gasteiger partial charge in [0, 0.05) is 6.20 Å². The molecule has 0 spiro atoms. The third-order valence-electron chi connectivity index (χ3n) is 2.20. The fourth-order valence-electron chi connectivity index (χ4n) is 1.52. The number of fused-ring (bicyclic) bond motifs is 1. The molecule has 2 aromatic rings. The first-order valence-electron chi connectivity index (χ1n) is 4.65. The molecule has 3 nitrogen and oxygen atoms in total. The molecule has 74 valence electrons. The Morgan fingerprint density at radius 3 is 3.00 bits per heavy atom. The Balaban J connectivity index is 2.67. The van der Waals surface area contributed by atoms with Crippen molar-refractivity contribution < 1.29 is 0 Å². The normalized spacial score (nSPS) is 11.0. The standard InChI is InChI=1S/C10H12BrN3/c1-2-4-8-9(12)14-6-3-5-7(11)10(14)13-8/h3,5-6H,2,4,12H2,1H3. The summed E-state index contributed by atoms with van der Waals surface area (Å²) in [6, 6.07) is 3.92. The van der Waals surface area contributed by atoms with Crippen molar-refractivity contribution in [3.05, 3.63) is 28.5 Å². The molecular weight excluding hydrogens is 242 g/mol. The molecule has 0 aromatic carbocycles. The number of aryl methyl sites for hydroxylation is 1. The van der Waals surface area contributed by atoms with E-state index in [4.69, 9.17) is 5.73 Å². The highest BCUT2D eigenvalue weighted by molar-refractivity contribution is 9.10. The second kappa shape index (κ2) is 3.61. The third kappa shape index (κ3) is 1.39. The highest BCUT2D eigenvalue weighted by Gasteiger charge is 2.09. The van der Waals surface area contributed by atoms with Crippen molar-refractivity contribution in [2.24, 2.45) is 0 Å². The fraction of sp³-hybridized carbons (Fsp3) is 0.300. The minimum absolute atomic E-state index is 0.753. The Morgan fingerprint density at radius 2 is 2.36 bits per heavy atom. The average Bonchev–Trinajstić information content (AvgIpc) is 2.48. The number of aromatic nitrogens is 2. The van der Waals surface area contributed by atoms with Crippen LogP contribution in [0.5, 0.6) is 0 Å². The smallest absolute Gasteiger partial charge is 0.153 e. The maximum atomic E-state index is 5.97. The molecule has 0 aliphatic carbocycles. The topological polar surface area (TPSA) is 43.3 Å². The minimum Gasteiger partial charge on any atom is -0.383 e. The minimum atomic E-state index is 0.753. The number of halogens is 1. The summed E-state index contributed by atoms with van der Waals surface area (Å²) in [5.41, 5.74) is 7.86. The van der Waals surface area contributed by atoms with Gasteiger partial charge in [0.15, 0.2) is 5.65 Å². The van der Waals surface area contributed by atoms with Crippen LogP contribution in [0.2, 0.25) is 0 Å². The maximum absolute atomic E-state index is 5.97. The molecule has 0 atom stereocenters. The molecule has 2 rings (SSSR count). The van der Waals surface area contributed by atoms with Crippen LogP contribution < -0.4 is 5.73 Å². The largest absolute Gasteiger partial charge is 0.383 e. The molecule has 0 amide bonds. The van der Waals surface area contributed by atoms with Gasteiger partial charge in [-0.1, -0.05) is 13.3 Å². The van der Waals surface area contributed by atoms with Crippen molar-refractivity contribution in [1.29, 1.82) is 0 Å². The Morgan fingerprint density at radius 1 is 1.57 bits per heavy atom. The van der Waals surface area contributed by atoms with Crippen LogP contribution in [-0.4, -0.2) is 9.38 Å². The van der Waals surface area contributed by atoms with Crippen molar-refractivity contribution in [2.45, 2.75) is 19.8 Å². The van der Waals surface area contributed by atoms with Crippen molar-refractivity contribution in [3.8, 4) is 0 Å². The molecule has 0 unspecified atom stereocenters. The van der Waals surface area contributed by atoms with Crippen LogP contribution in [-0.2, 0) is 6.42 Å². The number of nitrogens with two attached hydrogens (primary N) is 1. The molecule has 2 heterocycles. The van der Waals surface area contributed by atoms with E-state index in [-0.39, 0.29) is 0 Å². The van der Waals surface area contributed by atoms with Gasteiger partial charge in [0.05, 0.1) is 10.2 Å². The van der Waals surface area contributed by atoms with E-state index in [1.165, 1.54) is 0 Å². The second-order valence-electron chi connectivity index (χ2n) is 3.24. The van der Waals surface area contributed by atoms with E-state index >= 15 is 0 Å². The number of nitrogen functional groups attached to an aromatic ring is 1. The number of hydrogen-bond donors (Lipinski definition) is 1. The van der Waals surface area contributed by atoms with Gasteiger partial charge in [-0.15, -0.1) is 0 Å². The summed E-state index contributed by atoms with van der Waals surface area (Å²) in [6.45, 7) is 2.12. The van der Waals surface area contributed by atoms with E-state index < -0.39 is 0 Å². The lowest BCUT2D eigenvalue weighted by Gasteiger charge is -1.97. The zero-order chi connectivity index (χ0) is 10.1. The van der Waals surface area contributed by atoms with Crippen LogP contribution in [0.25, 0.3) is 5.65 Å². The Kier molecular flexibility index (Phi) is 2.46. The average molecular weight is 254 g/mol. The van der Waals surface area contributed by atoms with E-state index in [1.807, 2.05) is 22.7 Å². The lowest BCUT2D eigenvalue weighted by atomic mass is 10.2. The van der Waals surface area contributed by atoms with E-state index in [0.29, 0.717) is 0 Å². The Bertz CT molecular complexity index is 462. The first-order chi connectivity index (χ1) is 6.74. The molecule has 0 aliphatic heterocycles. The van der Waals surface area contributed by atoms with Crippen LogP contribution >= 0.6 is 15.9 Å². The highest BCUT2D eigenvalue weighted by atomic mass is 79.9. The number of hydrogen-bond acceptors (Lipinski definition) is 2. The van der Waals surface area contributed by atoms with Crippen molar-refractivity contribution >= 4 is 27.4 Å². The third-order valence-corrected chi connectivity index (χ3v) is 2.82. The quantitative estimate of drug-likeness (QED) is 0.895. The Hall–Kier alpha value is -1.03. The molecule has 0 fully saturated rings. The molecule has 14 heavy (non-hydrogen) atoms. The van der Waals surface area contributed by atoms with Crippen LogP contribution in [0.1, 0.15) is 19.0 Å². The van der Waals surface area contributed by atoms with Crippen molar-refractivity contribution in [3.63, 3.8) is 0 Å². The zero-order valence-electron chi connectivity index (χ0n) is 8.00. The molecular formula is C10H12BrN3. The van der Waals surface area contributed by atoms with E-state index in [0.717, 1.165) is 34.5 Å². The predicted molar refractivity (Wildman–Crippen MR) is 61.3 cm³/mol. The van der Waals surface area contributed by atoms with Gasteiger partial charge in [-0.3, -0.25) is 4.40 Å². The Labute approximate surface area is 91.1 Å². The number of nitrogens with zero attached hydrogens (tertiary/aromatic N) is 2. The number of rotatable bonds is 2. The summed E-state index contributed by atoms with van der Waals surface area (Å²) in [5.74, 6) is 0.753. The summed E-state index contributed by atoms with van der Waals surface area (Å²) in [7, 11) is 0. The molecule has 0 bridgehead atoms. The molecule has 2 aromatic heterocycles. The summed E-state index contributed by atoms with van der Waals surface area (Å²) >= 11 is 3.46. The lowest BCUT2D eigenvalue weighted by molar-refractivity contribution is 0.897. The monoisotopic (exact) mass is 253 g/mol. The SMILES string of the molecule is CCCc1nc2c(Br)cccn2c1N. The summed E-state index contributed by atoms with van der Waals surface area (Å²) in [4.78, 5) is 4.49. The van der Waals surface area contributed by atoms with Gasteiger partial charge in [0.25, 0.3) is 0 Å². The summed E-state index contributed by atoms with van der Waals surface area (Å²) < 4.78 is 2.89. The van der Waals surface area contributed by atoms with Crippen LogP contribution in [0.4, 0.5) is 5.82 Å². The van der Waals surface area contributed by atoms with Crippen LogP contribution in [0.3, 0.4) is 0 Å². The van der Waals surface area contributed by atoms with Gasteiger partial charge >= 0.3 is 0 Å². The van der Waals surface area contributed by atoms with Crippen molar-refractivity contribution in [1.82, 2.24) is 9.38 Å². The predicted octanol–water partition coefficient (Wildman–Crippen LogP) is 2.63. The first kappa shape index (κ1) is 9.52. The molecule has 0 saturated carbocycles. The van der Waals surface area contributed by atoms with E-state index in [2.05, 4.69) is 27.8 Å². The van der Waals surface area contributed by atoms with Gasteiger partial charge in [-0.25, -0.2) is 4.98 Å². The van der Waals surface area contributed by atoms with Crippen LogP contribution in [0.15, 0.2) is 22.8 Å². The number of imidazole rings is 1. The number of pyridine rings is 1. The zero-order valence-corrected chi connectivity index (χ0v) is 9.58. The maximum Gasteiger partial charge on any atom is 0.153 e. The molecule has 0 aliphatic rings. The first-order valence-corrected chi connectivity index (χ1v) is 5.44. The summed E-state index contributed by atoms with van der Waals surface area (Å²) in [6.07, 6.45) is 3.92. The molecule has 2 N–H and O–H groups in total. The lowest BCUT2D eigenvalue weighted by Crippen LogP contribution is -1.95. The molecule has 4 heteroatoms. The van der Waals surface area contributed by atoms with Gasteiger partial charge in [0.2, 0.25) is 0 Å². The molecule has 0 saturated heterocycles. The number of anilines is 1. The summed E-state index contributed by atoms with van der Waals surface area (Å²) in [5, 5.41) is 0. The van der Waals surface area contributed by atoms with Gasteiger partial charge in [0.1, 0.15) is 5.82 Å². The molecule has 0 radical (unpaired) electrons. The highest BCUT2D eigenvalue weighted by Crippen LogP contribution is 2.22. The van der Waals surface area contributed by atoms with Gasteiger partial charge in [-0.05, 0) is 34.5 Å². The van der Waals surface area contributed by atoms with Crippen LogP contribution in [0, 0.1) is 0 Å². The van der Waals surface area contributed by atoms with Crippen molar-refractivity contribution in [2.75, 3.05) is 5.73 Å². The van der Waals surface area contributed by atoms with Gasteiger partial charge < -0.3 is 5.73 Å². The van der Waals surface area contributed by atoms with E-state index in [1.54, 1.807) is 0 Å². The fourth-order valence-corrected chi connectivity index (χ4v) is 1.95. The second-order valence-corrected chi connectivity index (χ2v) is 4.10. The van der Waals surface area contributed by atoms with Gasteiger partial charge in [-0.2, -0.15) is 0 Å². The van der Waals surface area contributed by atoms with E-state index in [9.17, 15) is 0 Å².